The molecule has 10 nitrogen and oxygen atoms in total. The number of nitrogens with zero attached hydrogens (tertiary/aromatic N) is 4. The molecule has 2 unspecified atom stereocenters. The van der Waals surface area contributed by atoms with Gasteiger partial charge in [0, 0.05) is 0 Å². The van der Waals surface area contributed by atoms with Gasteiger partial charge in [0.1, 0.15) is 6.54 Å². The number of aromatic nitrogens is 4. The van der Waals surface area contributed by atoms with Crippen LogP contribution in [-0.4, -0.2) is 50.6 Å². The molecule has 0 aliphatic heterocycles. The number of benzene rings is 2. The first-order valence-electron chi connectivity index (χ1n) is 9.58. The van der Waals surface area contributed by atoms with Crippen LogP contribution in [0.15, 0.2) is 67.0 Å². The van der Waals surface area contributed by atoms with Crippen molar-refractivity contribution in [1.82, 2.24) is 30.8 Å². The van der Waals surface area contributed by atoms with E-state index in [1.807, 2.05) is 60.7 Å². The highest BCUT2D eigenvalue weighted by Crippen LogP contribution is 2.07. The van der Waals surface area contributed by atoms with E-state index in [2.05, 4.69) is 26.0 Å². The van der Waals surface area contributed by atoms with Gasteiger partial charge in [0.2, 0.25) is 12.6 Å². The summed E-state index contributed by atoms with van der Waals surface area (Å²) in [6.07, 6.45) is 0.600. The average Bonchev–Trinajstić information content (AvgIpc) is 3.30. The van der Waals surface area contributed by atoms with E-state index in [1.54, 1.807) is 0 Å². The van der Waals surface area contributed by atoms with Gasteiger partial charge in [0.05, 0.1) is 12.6 Å². The fourth-order valence-corrected chi connectivity index (χ4v) is 2.87. The Morgan fingerprint density at radius 1 is 1.03 bits per heavy atom. The van der Waals surface area contributed by atoms with Crippen LogP contribution in [0.1, 0.15) is 11.1 Å². The number of hydrogen-bond donors (Lipinski definition) is 2. The summed E-state index contributed by atoms with van der Waals surface area (Å²) >= 11 is 0. The number of carbonyl (C=O) groups is 3. The lowest BCUT2D eigenvalue weighted by atomic mass is 10.0. The second kappa shape index (κ2) is 11.3. The Labute approximate surface area is 178 Å². The van der Waals surface area contributed by atoms with Crippen molar-refractivity contribution in [2.24, 2.45) is 0 Å². The zero-order valence-corrected chi connectivity index (χ0v) is 16.6. The van der Waals surface area contributed by atoms with E-state index >= 15 is 0 Å². The molecule has 31 heavy (non-hydrogen) atoms. The van der Waals surface area contributed by atoms with E-state index in [1.165, 1.54) is 6.33 Å². The lowest BCUT2D eigenvalue weighted by Gasteiger charge is -2.22. The Bertz CT molecular complexity index is 966. The summed E-state index contributed by atoms with van der Waals surface area (Å²) in [5.74, 6) is -0.952. The predicted molar refractivity (Wildman–Crippen MR) is 109 cm³/mol. The van der Waals surface area contributed by atoms with Crippen molar-refractivity contribution in [3.05, 3.63) is 78.1 Å². The second-order valence-electron chi connectivity index (χ2n) is 6.64. The highest BCUT2D eigenvalue weighted by atomic mass is 16.5. The summed E-state index contributed by atoms with van der Waals surface area (Å²) in [4.78, 5) is 37.8. The van der Waals surface area contributed by atoms with Crippen LogP contribution in [-0.2, 0) is 38.7 Å². The topological polar surface area (TPSA) is 128 Å². The normalized spacial score (nSPS) is 12.5. The average molecular weight is 422 g/mol. The lowest BCUT2D eigenvalue weighted by molar-refractivity contribution is -0.141. The van der Waals surface area contributed by atoms with Gasteiger partial charge in [-0.3, -0.25) is 14.4 Å². The van der Waals surface area contributed by atoms with E-state index in [0.717, 1.165) is 15.9 Å². The first-order valence-corrected chi connectivity index (χ1v) is 9.58. The molecular weight excluding hydrogens is 400 g/mol. The molecule has 1 heterocycles. The number of nitrogens with one attached hydrogen (secondary N) is 2. The minimum Gasteiger partial charge on any atom is -0.345 e. The maximum absolute atomic E-state index is 12.8. The fourth-order valence-electron chi connectivity index (χ4n) is 2.87. The van der Waals surface area contributed by atoms with Crippen LogP contribution in [0, 0.1) is 0 Å². The Kier molecular flexibility index (Phi) is 7.95. The number of rotatable bonds is 12. The van der Waals surface area contributed by atoms with Crippen LogP contribution in [0.25, 0.3) is 0 Å². The first kappa shape index (κ1) is 21.8. The third-order valence-corrected chi connectivity index (χ3v) is 4.39. The molecule has 0 fully saturated rings. The SMILES string of the molecule is O=CNC(OCc1ccccc1)C(=O)NC(Cc1ccccc1)C(=O)Cn1ncnn1. The van der Waals surface area contributed by atoms with Crippen LogP contribution < -0.4 is 10.6 Å². The van der Waals surface area contributed by atoms with Crippen LogP contribution in [0.2, 0.25) is 0 Å². The van der Waals surface area contributed by atoms with Gasteiger partial charge in [-0.25, -0.2) is 0 Å². The third kappa shape index (κ3) is 6.82. The largest absolute Gasteiger partial charge is 0.345 e. The highest BCUT2D eigenvalue weighted by molar-refractivity contribution is 5.91. The Morgan fingerprint density at radius 3 is 2.32 bits per heavy atom. The molecule has 0 aliphatic carbocycles. The second-order valence-corrected chi connectivity index (χ2v) is 6.64. The van der Waals surface area contributed by atoms with E-state index in [4.69, 9.17) is 4.74 Å². The number of ether oxygens (including phenoxy) is 1. The molecule has 0 spiro atoms. The molecule has 0 bridgehead atoms. The quantitative estimate of drug-likeness (QED) is 0.316. The first-order chi connectivity index (χ1) is 15.2. The summed E-state index contributed by atoms with van der Waals surface area (Å²) in [5, 5.41) is 16.1. The molecule has 0 saturated carbocycles. The molecule has 2 N–H and O–H groups in total. The van der Waals surface area contributed by atoms with Crippen molar-refractivity contribution in [3.63, 3.8) is 0 Å². The van der Waals surface area contributed by atoms with Crippen molar-refractivity contribution in [1.29, 1.82) is 0 Å². The summed E-state index contributed by atoms with van der Waals surface area (Å²) in [6.45, 7) is -0.0473. The summed E-state index contributed by atoms with van der Waals surface area (Å²) < 4.78 is 5.56. The summed E-state index contributed by atoms with van der Waals surface area (Å²) in [7, 11) is 0. The van der Waals surface area contributed by atoms with Crippen molar-refractivity contribution >= 4 is 18.1 Å². The Balaban J connectivity index is 1.69. The maximum atomic E-state index is 12.8. The van der Waals surface area contributed by atoms with Crippen molar-refractivity contribution in [3.8, 4) is 0 Å². The number of tetrazole rings is 1. The molecule has 10 heteroatoms. The third-order valence-electron chi connectivity index (χ3n) is 4.39. The van der Waals surface area contributed by atoms with Crippen LogP contribution >= 0.6 is 0 Å². The Hall–Kier alpha value is -3.92. The number of carbonyl (C=O) groups excluding carboxylic acids is 3. The van der Waals surface area contributed by atoms with Gasteiger partial charge in [-0.15, -0.1) is 10.2 Å². The number of hydrogen-bond acceptors (Lipinski definition) is 7. The molecule has 2 amide bonds. The van der Waals surface area contributed by atoms with Crippen LogP contribution in [0.5, 0.6) is 0 Å². The van der Waals surface area contributed by atoms with Crippen LogP contribution in [0.4, 0.5) is 0 Å². The molecule has 0 radical (unpaired) electrons. The van der Waals surface area contributed by atoms with Gasteiger partial charge in [-0.05, 0) is 22.8 Å². The number of amides is 2. The molecule has 3 aromatic rings. The monoisotopic (exact) mass is 422 g/mol. The van der Waals surface area contributed by atoms with Crippen molar-refractivity contribution < 1.29 is 19.1 Å². The zero-order valence-electron chi connectivity index (χ0n) is 16.6. The van der Waals surface area contributed by atoms with E-state index in [9.17, 15) is 14.4 Å². The van der Waals surface area contributed by atoms with Gasteiger partial charge in [-0.2, -0.15) is 4.80 Å². The number of ketones is 1. The molecule has 1 aromatic heterocycles. The van der Waals surface area contributed by atoms with Gasteiger partial charge in [0.25, 0.3) is 5.91 Å². The van der Waals surface area contributed by atoms with E-state index in [0.29, 0.717) is 6.41 Å². The van der Waals surface area contributed by atoms with Crippen molar-refractivity contribution in [2.45, 2.75) is 31.8 Å². The zero-order chi connectivity index (χ0) is 21.9. The van der Waals surface area contributed by atoms with Crippen molar-refractivity contribution in [2.75, 3.05) is 0 Å². The van der Waals surface area contributed by atoms with Crippen LogP contribution in [0.3, 0.4) is 0 Å². The van der Waals surface area contributed by atoms with Gasteiger partial charge >= 0.3 is 0 Å². The standard InChI is InChI=1S/C21H22N6O4/c28-15-22-21(31-13-17-9-5-2-6-10-17)20(30)25-18(11-16-7-3-1-4-8-16)19(29)12-27-24-14-23-26-27/h1-10,14-15,18,21H,11-13H2,(H,22,28)(H,25,30). The van der Waals surface area contributed by atoms with E-state index in [-0.39, 0.29) is 25.4 Å². The van der Waals surface area contributed by atoms with Gasteiger partial charge in [0.15, 0.2) is 12.1 Å². The number of Topliss-reactive ketones (excluding diaryl/α,β-unsaturated/α-hetero) is 1. The molecule has 0 saturated heterocycles. The molecule has 2 aromatic carbocycles. The summed E-state index contributed by atoms with van der Waals surface area (Å²) in [6, 6.07) is 17.6. The maximum Gasteiger partial charge on any atom is 0.270 e. The summed E-state index contributed by atoms with van der Waals surface area (Å²) in [5.41, 5.74) is 1.69. The van der Waals surface area contributed by atoms with Gasteiger partial charge in [-0.1, -0.05) is 60.7 Å². The van der Waals surface area contributed by atoms with Gasteiger partial charge < -0.3 is 15.4 Å². The minimum absolute atomic E-state index is 0.111. The Morgan fingerprint density at radius 2 is 1.71 bits per heavy atom. The molecule has 3 rings (SSSR count). The lowest BCUT2D eigenvalue weighted by Crippen LogP contribution is -2.52. The highest BCUT2D eigenvalue weighted by Gasteiger charge is 2.27. The molecule has 160 valence electrons. The molecule has 0 aliphatic rings. The predicted octanol–water partition coefficient (Wildman–Crippen LogP) is 0.259. The minimum atomic E-state index is -1.26. The fraction of sp³-hybridized carbons (Fsp3) is 0.238. The molecule has 2 atom stereocenters. The van der Waals surface area contributed by atoms with E-state index < -0.39 is 18.2 Å². The molecular formula is C21H22N6O4. The smallest absolute Gasteiger partial charge is 0.270 e.